The molecular formula is C11H17N3O3S. The number of aromatic amines is 1. The number of nitrogens with one attached hydrogen (secondary N) is 1. The van der Waals surface area contributed by atoms with Crippen molar-refractivity contribution in [2.45, 2.75) is 36.2 Å². The number of carbonyl (C=O) groups is 1. The van der Waals surface area contributed by atoms with E-state index in [0.29, 0.717) is 11.6 Å². The molecule has 0 saturated heterocycles. The Hall–Kier alpha value is -1.34. The molecule has 0 saturated carbocycles. The van der Waals surface area contributed by atoms with E-state index >= 15 is 0 Å². The fourth-order valence-electron chi connectivity index (χ4n) is 1.56. The zero-order chi connectivity index (χ0) is 13.8. The first-order chi connectivity index (χ1) is 8.35. The third-order valence-electron chi connectivity index (χ3n) is 2.32. The summed E-state index contributed by atoms with van der Waals surface area (Å²) in [4.78, 5) is 29.2. The van der Waals surface area contributed by atoms with E-state index < -0.39 is 11.5 Å². The van der Waals surface area contributed by atoms with E-state index in [9.17, 15) is 9.59 Å². The van der Waals surface area contributed by atoms with Crippen molar-refractivity contribution in [1.29, 1.82) is 0 Å². The number of H-pyrrole nitrogens is 1. The van der Waals surface area contributed by atoms with Crippen molar-refractivity contribution in [2.24, 2.45) is 5.73 Å². The third kappa shape index (κ3) is 4.15. The molecule has 0 aliphatic heterocycles. The predicted octanol–water partition coefficient (Wildman–Crippen LogP) is 0.531. The van der Waals surface area contributed by atoms with Crippen molar-refractivity contribution in [1.82, 2.24) is 9.97 Å². The SMILES string of the molecule is COC(=O)C(C)(N)CC(C)Sc1nccc(=O)[nH]1. The zero-order valence-corrected chi connectivity index (χ0v) is 11.4. The quantitative estimate of drug-likeness (QED) is 0.460. The first-order valence-electron chi connectivity index (χ1n) is 5.44. The van der Waals surface area contributed by atoms with Gasteiger partial charge in [0.05, 0.1) is 7.11 Å². The van der Waals surface area contributed by atoms with Gasteiger partial charge in [-0.15, -0.1) is 0 Å². The smallest absolute Gasteiger partial charge is 0.325 e. The number of hydrogen-bond donors (Lipinski definition) is 2. The lowest BCUT2D eigenvalue weighted by Crippen LogP contribution is -2.47. The lowest BCUT2D eigenvalue weighted by atomic mass is 9.98. The maximum Gasteiger partial charge on any atom is 0.325 e. The molecule has 0 bridgehead atoms. The second-order valence-electron chi connectivity index (χ2n) is 4.28. The highest BCUT2D eigenvalue weighted by Gasteiger charge is 2.31. The number of ether oxygens (including phenoxy) is 1. The van der Waals surface area contributed by atoms with Crippen LogP contribution in [0, 0.1) is 0 Å². The fourth-order valence-corrected chi connectivity index (χ4v) is 2.65. The largest absolute Gasteiger partial charge is 0.468 e. The highest BCUT2D eigenvalue weighted by atomic mass is 32.2. The molecule has 2 unspecified atom stereocenters. The van der Waals surface area contributed by atoms with E-state index in [0.717, 1.165) is 0 Å². The number of rotatable bonds is 5. The number of hydrogen-bond acceptors (Lipinski definition) is 6. The van der Waals surface area contributed by atoms with Crippen molar-refractivity contribution in [3.05, 3.63) is 22.6 Å². The normalized spacial score (nSPS) is 15.8. The van der Waals surface area contributed by atoms with Gasteiger partial charge in [-0.2, -0.15) is 0 Å². The molecule has 0 amide bonds. The molecule has 0 aliphatic carbocycles. The summed E-state index contributed by atoms with van der Waals surface area (Å²) in [5.41, 5.74) is 4.62. The van der Waals surface area contributed by atoms with Crippen LogP contribution in [-0.2, 0) is 9.53 Å². The summed E-state index contributed by atoms with van der Waals surface area (Å²) < 4.78 is 4.64. The van der Waals surface area contributed by atoms with Crippen molar-refractivity contribution >= 4 is 17.7 Å². The summed E-state index contributed by atoms with van der Waals surface area (Å²) in [5.74, 6) is -0.454. The fraction of sp³-hybridized carbons (Fsp3) is 0.545. The average Bonchev–Trinajstić information content (AvgIpc) is 2.26. The van der Waals surface area contributed by atoms with Crippen molar-refractivity contribution in [2.75, 3.05) is 7.11 Å². The minimum Gasteiger partial charge on any atom is -0.468 e. The number of nitrogens with zero attached hydrogens (tertiary/aromatic N) is 1. The number of nitrogens with two attached hydrogens (primary N) is 1. The van der Waals surface area contributed by atoms with Gasteiger partial charge in [0, 0.05) is 17.5 Å². The van der Waals surface area contributed by atoms with Crippen molar-refractivity contribution in [3.8, 4) is 0 Å². The van der Waals surface area contributed by atoms with E-state index in [2.05, 4.69) is 14.7 Å². The molecule has 1 heterocycles. The lowest BCUT2D eigenvalue weighted by Gasteiger charge is -2.24. The second-order valence-corrected chi connectivity index (χ2v) is 5.71. The van der Waals surface area contributed by atoms with Gasteiger partial charge < -0.3 is 15.5 Å². The molecule has 1 aromatic rings. The topological polar surface area (TPSA) is 98.1 Å². The highest BCUT2D eigenvalue weighted by molar-refractivity contribution is 7.99. The lowest BCUT2D eigenvalue weighted by molar-refractivity contribution is -0.146. The van der Waals surface area contributed by atoms with Gasteiger partial charge in [0.2, 0.25) is 0 Å². The summed E-state index contributed by atoms with van der Waals surface area (Å²) in [5, 5.41) is 0.528. The minimum atomic E-state index is -1.05. The molecule has 18 heavy (non-hydrogen) atoms. The zero-order valence-electron chi connectivity index (χ0n) is 10.6. The molecule has 0 fully saturated rings. The van der Waals surface area contributed by atoms with Crippen LogP contribution in [0.4, 0.5) is 0 Å². The number of esters is 1. The average molecular weight is 271 g/mol. The molecule has 1 rings (SSSR count). The Morgan fingerprint density at radius 2 is 2.39 bits per heavy atom. The van der Waals surface area contributed by atoms with Gasteiger partial charge in [-0.1, -0.05) is 18.7 Å². The third-order valence-corrected chi connectivity index (χ3v) is 3.32. The van der Waals surface area contributed by atoms with E-state index in [-0.39, 0.29) is 10.8 Å². The molecule has 0 radical (unpaired) electrons. The Balaban J connectivity index is 2.64. The Bertz CT molecular complexity index is 473. The molecule has 0 spiro atoms. The number of thioether (sulfide) groups is 1. The molecule has 6 nitrogen and oxygen atoms in total. The van der Waals surface area contributed by atoms with E-state index in [1.54, 1.807) is 6.92 Å². The van der Waals surface area contributed by atoms with E-state index in [1.165, 1.54) is 31.1 Å². The van der Waals surface area contributed by atoms with Gasteiger partial charge >= 0.3 is 5.97 Å². The summed E-state index contributed by atoms with van der Waals surface area (Å²) >= 11 is 1.36. The summed E-state index contributed by atoms with van der Waals surface area (Å²) in [7, 11) is 1.31. The molecule has 0 aliphatic rings. The summed E-state index contributed by atoms with van der Waals surface area (Å²) in [6, 6.07) is 1.34. The van der Waals surface area contributed by atoms with E-state index in [1.807, 2.05) is 6.92 Å². The Morgan fingerprint density at radius 3 is 2.94 bits per heavy atom. The van der Waals surface area contributed by atoms with Gasteiger partial charge in [-0.25, -0.2) is 4.98 Å². The predicted molar refractivity (Wildman–Crippen MR) is 69.4 cm³/mol. The van der Waals surface area contributed by atoms with Gasteiger partial charge in [0.15, 0.2) is 5.16 Å². The van der Waals surface area contributed by atoms with Gasteiger partial charge in [-0.05, 0) is 13.3 Å². The van der Waals surface area contributed by atoms with E-state index in [4.69, 9.17) is 5.73 Å². The van der Waals surface area contributed by atoms with Crippen molar-refractivity contribution < 1.29 is 9.53 Å². The maximum absolute atomic E-state index is 11.4. The maximum atomic E-state index is 11.4. The van der Waals surface area contributed by atoms with Crippen LogP contribution in [0.15, 0.2) is 22.2 Å². The first-order valence-corrected chi connectivity index (χ1v) is 6.32. The van der Waals surface area contributed by atoms with Crippen molar-refractivity contribution in [3.63, 3.8) is 0 Å². The molecule has 0 aromatic carbocycles. The first kappa shape index (κ1) is 14.7. The van der Waals surface area contributed by atoms with Crippen LogP contribution in [0.25, 0.3) is 0 Å². The van der Waals surface area contributed by atoms with Crippen LogP contribution in [-0.4, -0.2) is 33.8 Å². The summed E-state index contributed by atoms with van der Waals surface area (Å²) in [6.07, 6.45) is 1.86. The molecule has 100 valence electrons. The minimum absolute atomic E-state index is 0.0182. The molecular weight excluding hydrogens is 254 g/mol. The second kappa shape index (κ2) is 6.01. The Labute approximate surface area is 109 Å². The molecule has 7 heteroatoms. The van der Waals surface area contributed by atoms with Gasteiger partial charge in [0.1, 0.15) is 5.54 Å². The monoisotopic (exact) mass is 271 g/mol. The number of carbonyl (C=O) groups excluding carboxylic acids is 1. The van der Waals surface area contributed by atoms with Crippen LogP contribution in [0.3, 0.4) is 0 Å². The van der Waals surface area contributed by atoms with Gasteiger partial charge in [-0.3, -0.25) is 9.59 Å². The number of methoxy groups -OCH3 is 1. The van der Waals surface area contributed by atoms with Gasteiger partial charge in [0.25, 0.3) is 5.56 Å². The Morgan fingerprint density at radius 1 is 1.72 bits per heavy atom. The van der Waals surface area contributed by atoms with Crippen LogP contribution >= 0.6 is 11.8 Å². The van der Waals surface area contributed by atoms with Crippen LogP contribution < -0.4 is 11.3 Å². The molecule has 3 N–H and O–H groups in total. The van der Waals surface area contributed by atoms with Crippen LogP contribution in [0.5, 0.6) is 0 Å². The standard InChI is InChI=1S/C11H17N3O3S/c1-7(6-11(2,12)9(16)17-3)18-10-13-5-4-8(15)14-10/h4-5,7H,6,12H2,1-3H3,(H,13,14,15). The Kier molecular flexibility index (Phi) is 4.92. The summed E-state index contributed by atoms with van der Waals surface area (Å²) in [6.45, 7) is 3.53. The number of aromatic nitrogens is 2. The van der Waals surface area contributed by atoms with Crippen LogP contribution in [0.2, 0.25) is 0 Å². The van der Waals surface area contributed by atoms with Crippen LogP contribution in [0.1, 0.15) is 20.3 Å². The molecule has 2 atom stereocenters. The highest BCUT2D eigenvalue weighted by Crippen LogP contribution is 2.25. The molecule has 1 aromatic heterocycles.